The first kappa shape index (κ1) is 27.9. The van der Waals surface area contributed by atoms with Crippen molar-refractivity contribution in [3.8, 4) is 0 Å². The Hall–Kier alpha value is -2.67. The fourth-order valence-corrected chi connectivity index (χ4v) is 6.04. The van der Waals surface area contributed by atoms with Gasteiger partial charge in [-0.1, -0.05) is 12.2 Å². The first-order chi connectivity index (χ1) is 18.6. The molecule has 5 N–H and O–H groups in total. The highest BCUT2D eigenvalue weighted by molar-refractivity contribution is 8.44. The normalized spacial score (nSPS) is 30.6. The van der Waals surface area contributed by atoms with E-state index in [-0.39, 0.29) is 18.8 Å². The largest absolute Gasteiger partial charge is 0.394 e. The number of aromatic amines is 1. The molecule has 2 aliphatic rings. The van der Waals surface area contributed by atoms with Crippen molar-refractivity contribution >= 4 is 36.0 Å². The van der Waals surface area contributed by atoms with Gasteiger partial charge in [0.15, 0.2) is 17.7 Å². The van der Waals surface area contributed by atoms with E-state index in [1.807, 2.05) is 0 Å². The van der Waals surface area contributed by atoms with Gasteiger partial charge in [-0.05, 0) is 0 Å². The Labute approximate surface area is 224 Å². The molecule has 1 unspecified atom stereocenters. The monoisotopic (exact) mass is 587 g/mol. The van der Waals surface area contributed by atoms with Gasteiger partial charge in [0.25, 0.3) is 5.56 Å². The van der Waals surface area contributed by atoms with Gasteiger partial charge >= 0.3 is 12.5 Å². The number of nitrogens with zero attached hydrogens (tertiary/aromatic N) is 5. The highest BCUT2D eigenvalue weighted by Gasteiger charge is 2.50. The predicted molar refractivity (Wildman–Crippen MR) is 135 cm³/mol. The number of methoxy groups -OCH3 is 1. The summed E-state index contributed by atoms with van der Waals surface area (Å²) in [7, 11) is 1.30. The van der Waals surface area contributed by atoms with E-state index >= 15 is 0 Å². The Bertz CT molecular complexity index is 1500. The molecule has 8 atom stereocenters. The van der Waals surface area contributed by atoms with Crippen molar-refractivity contribution in [2.45, 2.75) is 49.4 Å². The van der Waals surface area contributed by atoms with Crippen LogP contribution in [0.2, 0.25) is 0 Å². The number of nitrogens with one attached hydrogen (secondary N) is 1. The third kappa shape index (κ3) is 5.52. The molecule has 19 heteroatoms. The molecule has 0 spiro atoms. The molecule has 17 nitrogen and oxygen atoms in total. The van der Waals surface area contributed by atoms with E-state index in [4.69, 9.17) is 29.0 Å². The zero-order valence-electron chi connectivity index (χ0n) is 20.3. The number of aliphatic hydroxyl groups excluding tert-OH is 2. The highest BCUT2D eigenvalue weighted by Crippen LogP contribution is 2.56. The molecule has 0 radical (unpaired) electrons. The van der Waals surface area contributed by atoms with E-state index in [1.54, 1.807) is 4.57 Å². The van der Waals surface area contributed by atoms with Crippen LogP contribution in [0.4, 0.5) is 5.82 Å². The van der Waals surface area contributed by atoms with E-state index < -0.39 is 67.6 Å². The second kappa shape index (κ2) is 11.1. The van der Waals surface area contributed by atoms with Crippen molar-refractivity contribution in [1.29, 1.82) is 0 Å². The number of hydrogen-bond donors (Lipinski definition) is 5. The molecule has 0 amide bonds. The van der Waals surface area contributed by atoms with Gasteiger partial charge in [-0.25, -0.2) is 24.3 Å². The summed E-state index contributed by atoms with van der Waals surface area (Å²) in [4.78, 5) is 38.0. The lowest BCUT2D eigenvalue weighted by atomic mass is 10.1. The summed E-state index contributed by atoms with van der Waals surface area (Å²) in [5.41, 5.74) is 5.24. The number of hydrogen-bond acceptors (Lipinski definition) is 14. The molecular weight excluding hydrogens is 561 g/mol. The van der Waals surface area contributed by atoms with Gasteiger partial charge in [-0.15, -0.1) is 0 Å². The number of aliphatic hydroxyl groups is 2. The van der Waals surface area contributed by atoms with Crippen LogP contribution in [0.25, 0.3) is 11.2 Å². The molecular formula is C20H26N7O10PS. The maximum atomic E-state index is 13.2. The van der Waals surface area contributed by atoms with Gasteiger partial charge in [0.1, 0.15) is 42.5 Å². The zero-order chi connectivity index (χ0) is 27.9. The number of rotatable bonds is 9. The van der Waals surface area contributed by atoms with Crippen LogP contribution < -0.4 is 17.0 Å². The molecule has 2 fully saturated rings. The molecule has 2 aliphatic heterocycles. The van der Waals surface area contributed by atoms with Crippen LogP contribution in [0.15, 0.2) is 34.5 Å². The van der Waals surface area contributed by atoms with Gasteiger partial charge < -0.3 is 30.2 Å². The molecule has 0 aliphatic carbocycles. The summed E-state index contributed by atoms with van der Waals surface area (Å²) in [6.07, 6.45) is -2.89. The van der Waals surface area contributed by atoms with E-state index in [0.29, 0.717) is 11.2 Å². The van der Waals surface area contributed by atoms with Crippen molar-refractivity contribution < 1.29 is 38.0 Å². The van der Waals surface area contributed by atoms with E-state index in [1.165, 1.54) is 26.0 Å². The maximum absolute atomic E-state index is 13.2. The number of nitrogen functional groups attached to an aromatic ring is 1. The number of H-pyrrole nitrogens is 1. The lowest BCUT2D eigenvalue weighted by molar-refractivity contribution is -0.0625. The summed E-state index contributed by atoms with van der Waals surface area (Å²) < 4.78 is 43.9. The van der Waals surface area contributed by atoms with Crippen molar-refractivity contribution in [3.05, 3.63) is 45.8 Å². The van der Waals surface area contributed by atoms with Crippen LogP contribution in [-0.4, -0.2) is 90.1 Å². The highest BCUT2D eigenvalue weighted by atomic mass is 32.7. The van der Waals surface area contributed by atoms with Crippen LogP contribution in [0.3, 0.4) is 0 Å². The minimum Gasteiger partial charge on any atom is -0.394 e. The summed E-state index contributed by atoms with van der Waals surface area (Å²) in [6, 6.07) is 1.11. The summed E-state index contributed by atoms with van der Waals surface area (Å²) in [5, 5.41) is 20.4. The number of nitrogens with two attached hydrogens (primary N) is 1. The van der Waals surface area contributed by atoms with Crippen LogP contribution in [0.1, 0.15) is 18.9 Å². The summed E-state index contributed by atoms with van der Waals surface area (Å²) in [5.74, 6) is 0.199. The third-order valence-electron chi connectivity index (χ3n) is 6.42. The lowest BCUT2D eigenvalue weighted by Gasteiger charge is -2.26. The number of anilines is 1. The average molecular weight is 588 g/mol. The molecule has 0 aromatic carbocycles. The fourth-order valence-electron chi connectivity index (χ4n) is 4.55. The number of fused-ring (bicyclic) bond motifs is 1. The second-order valence-electron chi connectivity index (χ2n) is 8.81. The Morgan fingerprint density at radius 1 is 1.23 bits per heavy atom. The van der Waals surface area contributed by atoms with Crippen molar-refractivity contribution in [3.63, 3.8) is 0 Å². The minimum absolute atomic E-state index is 0.158. The number of aromatic nitrogens is 6. The molecule has 3 aromatic heterocycles. The van der Waals surface area contributed by atoms with E-state index in [9.17, 15) is 24.4 Å². The van der Waals surface area contributed by atoms with Crippen LogP contribution in [-0.2, 0) is 27.8 Å². The topological polar surface area (TPSA) is 228 Å². The molecule has 5 heterocycles. The SMILES string of the molecule is CO[C@H]1C(O[P@@](=O)(S)OC[C@H]2O[C@@H](n3cnc4c(N)ncnc43)C[C@H]2O)[C@@H](CO)O[C@H]1n1ccc(=O)[nH]c1=O. The first-order valence-electron chi connectivity index (χ1n) is 11.6. The molecule has 39 heavy (non-hydrogen) atoms. The standard InChI is InChI=1S/C20H26N7O10PS/c1-33-16-15(10(5-28)36-19(16)26-3-2-12(30)25-20(26)31)37-38(32,39)34-6-11-9(29)4-13(35-11)27-8-24-14-17(21)22-7-23-18(14)27/h2-3,7-11,13,15-16,19,28-29H,4-6H2,1H3,(H,32,39)(H2,21,22,23)(H,25,30,31)/t9-,10-,11-,13-,15?,16+,19-,38+/m1/s1. The first-order valence-corrected chi connectivity index (χ1v) is 14.3. The van der Waals surface area contributed by atoms with Crippen molar-refractivity contribution in [2.75, 3.05) is 26.1 Å². The van der Waals surface area contributed by atoms with Crippen LogP contribution in [0, 0.1) is 0 Å². The fraction of sp³-hybridized carbons (Fsp3) is 0.550. The predicted octanol–water partition coefficient (Wildman–Crippen LogP) is -1.05. The Morgan fingerprint density at radius 3 is 2.74 bits per heavy atom. The summed E-state index contributed by atoms with van der Waals surface area (Å²) >= 11 is 4.03. The average Bonchev–Trinajstić information content (AvgIpc) is 3.58. The molecule has 5 rings (SSSR count). The number of ether oxygens (including phenoxy) is 3. The van der Waals surface area contributed by atoms with Crippen LogP contribution in [0.5, 0.6) is 0 Å². The second-order valence-corrected chi connectivity index (χ2v) is 11.7. The molecule has 2 saturated heterocycles. The van der Waals surface area contributed by atoms with Gasteiger partial charge in [-0.2, -0.15) is 0 Å². The van der Waals surface area contributed by atoms with Gasteiger partial charge in [0.05, 0.1) is 25.6 Å². The smallest absolute Gasteiger partial charge is 0.386 e. The Morgan fingerprint density at radius 2 is 2.03 bits per heavy atom. The Balaban J connectivity index is 1.26. The van der Waals surface area contributed by atoms with Crippen molar-refractivity contribution in [2.24, 2.45) is 0 Å². The summed E-state index contributed by atoms with van der Waals surface area (Å²) in [6.45, 7) is -5.09. The number of thiol groups is 1. The maximum Gasteiger partial charge on any atom is 0.386 e. The van der Waals surface area contributed by atoms with Gasteiger partial charge in [0.2, 0.25) is 0 Å². The van der Waals surface area contributed by atoms with Gasteiger partial charge in [0, 0.05) is 25.8 Å². The third-order valence-corrected chi connectivity index (χ3v) is 8.04. The Kier molecular flexibility index (Phi) is 7.91. The minimum atomic E-state index is -4.15. The zero-order valence-corrected chi connectivity index (χ0v) is 22.1. The van der Waals surface area contributed by atoms with Crippen LogP contribution >= 0.6 is 19.0 Å². The molecule has 3 aromatic rings. The molecule has 0 bridgehead atoms. The van der Waals surface area contributed by atoms with E-state index in [0.717, 1.165) is 10.6 Å². The molecule has 0 saturated carbocycles. The quantitative estimate of drug-likeness (QED) is 0.149. The van der Waals surface area contributed by atoms with Gasteiger partial charge in [-0.3, -0.25) is 28.0 Å². The lowest BCUT2D eigenvalue weighted by Crippen LogP contribution is -2.39. The number of imidazole rings is 1. The van der Waals surface area contributed by atoms with E-state index in [2.05, 4.69) is 32.2 Å². The molecule has 212 valence electrons. The van der Waals surface area contributed by atoms with Crippen molar-refractivity contribution in [1.82, 2.24) is 29.1 Å².